The molecule has 0 spiro atoms. The largest absolute Gasteiger partial charge is 0.484 e. The number of ether oxygens (including phenoxy) is 2. The summed E-state index contributed by atoms with van der Waals surface area (Å²) < 4.78 is 16.7. The zero-order valence-electron chi connectivity index (χ0n) is 21.2. The molecule has 2 aromatic carbocycles. The highest BCUT2D eigenvalue weighted by Gasteiger charge is 2.23. The minimum Gasteiger partial charge on any atom is -0.484 e. The van der Waals surface area contributed by atoms with Gasteiger partial charge in [0.25, 0.3) is 5.91 Å². The van der Waals surface area contributed by atoms with Crippen LogP contribution in [0.4, 0.5) is 0 Å². The van der Waals surface area contributed by atoms with E-state index in [4.69, 9.17) is 13.9 Å². The monoisotopic (exact) mass is 505 g/mol. The molecule has 8 heteroatoms. The van der Waals surface area contributed by atoms with Crippen molar-refractivity contribution in [1.82, 2.24) is 14.7 Å². The molecule has 0 bridgehead atoms. The van der Waals surface area contributed by atoms with Gasteiger partial charge in [0.1, 0.15) is 11.5 Å². The zero-order valence-corrected chi connectivity index (χ0v) is 21.2. The summed E-state index contributed by atoms with van der Waals surface area (Å²) in [5, 5.41) is 0. The van der Waals surface area contributed by atoms with Gasteiger partial charge in [0.15, 0.2) is 6.61 Å². The molecule has 0 unspecified atom stereocenters. The van der Waals surface area contributed by atoms with Crippen molar-refractivity contribution in [1.29, 1.82) is 0 Å². The molecule has 2 heterocycles. The molecule has 1 saturated heterocycles. The summed E-state index contributed by atoms with van der Waals surface area (Å²) in [6, 6.07) is 22.7. The topological polar surface area (TPSA) is 75.5 Å². The number of rotatable bonds is 13. The lowest BCUT2D eigenvalue weighted by atomic mass is 10.2. The van der Waals surface area contributed by atoms with Crippen molar-refractivity contribution < 1.29 is 23.5 Å². The summed E-state index contributed by atoms with van der Waals surface area (Å²) in [4.78, 5) is 32.4. The number of hydrogen-bond donors (Lipinski definition) is 0. The molecule has 3 aromatic rings. The van der Waals surface area contributed by atoms with Gasteiger partial charge in [-0.25, -0.2) is 0 Å². The fraction of sp³-hybridized carbons (Fsp3) is 0.379. The summed E-state index contributed by atoms with van der Waals surface area (Å²) in [5.41, 5.74) is 1.01. The smallest absolute Gasteiger partial charge is 0.260 e. The molecule has 0 N–H and O–H groups in total. The van der Waals surface area contributed by atoms with Crippen LogP contribution in [-0.2, 0) is 27.4 Å². The summed E-state index contributed by atoms with van der Waals surface area (Å²) in [6.45, 7) is 5.17. The van der Waals surface area contributed by atoms with Gasteiger partial charge in [-0.05, 0) is 36.2 Å². The van der Waals surface area contributed by atoms with Gasteiger partial charge in [-0.2, -0.15) is 0 Å². The number of benzene rings is 2. The first-order valence-electron chi connectivity index (χ1n) is 12.8. The fourth-order valence-corrected chi connectivity index (χ4v) is 4.24. The van der Waals surface area contributed by atoms with Crippen LogP contribution in [-0.4, -0.2) is 79.1 Å². The molecule has 0 aliphatic carbocycles. The van der Waals surface area contributed by atoms with E-state index in [2.05, 4.69) is 4.90 Å². The summed E-state index contributed by atoms with van der Waals surface area (Å²) in [6.07, 6.45) is 2.37. The van der Waals surface area contributed by atoms with E-state index in [1.165, 1.54) is 0 Å². The molecule has 2 amide bonds. The Morgan fingerprint density at radius 3 is 2.27 bits per heavy atom. The van der Waals surface area contributed by atoms with E-state index in [1.807, 2.05) is 72.8 Å². The first kappa shape index (κ1) is 26.4. The Morgan fingerprint density at radius 1 is 0.838 bits per heavy atom. The van der Waals surface area contributed by atoms with Gasteiger partial charge >= 0.3 is 0 Å². The Hall–Kier alpha value is -3.62. The normalized spacial score (nSPS) is 13.7. The van der Waals surface area contributed by atoms with Gasteiger partial charge in [0, 0.05) is 32.7 Å². The number of morpholine rings is 1. The maximum absolute atomic E-state index is 13.6. The Kier molecular flexibility index (Phi) is 10.2. The number of carbonyl (C=O) groups is 2. The lowest BCUT2D eigenvalue weighted by molar-refractivity contribution is -0.142. The minimum atomic E-state index is -0.211. The van der Waals surface area contributed by atoms with E-state index in [0.29, 0.717) is 31.1 Å². The van der Waals surface area contributed by atoms with Crippen LogP contribution in [0.3, 0.4) is 0 Å². The van der Waals surface area contributed by atoms with Crippen LogP contribution in [0.15, 0.2) is 83.5 Å². The average molecular weight is 506 g/mol. The van der Waals surface area contributed by atoms with Crippen LogP contribution >= 0.6 is 0 Å². The van der Waals surface area contributed by atoms with Gasteiger partial charge < -0.3 is 23.7 Å². The number of amides is 2. The standard InChI is InChI=1S/C29H35N3O5/c33-28(32(22-27-13-7-18-36-27)21-25-9-3-1-4-10-25)23-31(15-8-14-30-16-19-35-20-17-30)29(34)24-37-26-11-5-2-6-12-26/h1-7,9-13,18H,8,14-17,19-24H2. The molecule has 0 atom stereocenters. The number of furan rings is 1. The van der Waals surface area contributed by atoms with E-state index in [-0.39, 0.29) is 25.0 Å². The molecule has 1 aliphatic rings. The summed E-state index contributed by atoms with van der Waals surface area (Å²) in [5.74, 6) is 0.970. The quantitative estimate of drug-likeness (QED) is 0.354. The van der Waals surface area contributed by atoms with Gasteiger partial charge in [0.05, 0.1) is 32.6 Å². The third-order valence-electron chi connectivity index (χ3n) is 6.29. The van der Waals surface area contributed by atoms with Crippen LogP contribution in [0.2, 0.25) is 0 Å². The second-order valence-corrected chi connectivity index (χ2v) is 9.04. The molecule has 37 heavy (non-hydrogen) atoms. The third-order valence-corrected chi connectivity index (χ3v) is 6.29. The maximum Gasteiger partial charge on any atom is 0.260 e. The highest BCUT2D eigenvalue weighted by molar-refractivity contribution is 5.85. The maximum atomic E-state index is 13.6. The van der Waals surface area contributed by atoms with E-state index >= 15 is 0 Å². The van der Waals surface area contributed by atoms with Crippen molar-refractivity contribution in [2.45, 2.75) is 19.5 Å². The van der Waals surface area contributed by atoms with E-state index in [9.17, 15) is 9.59 Å². The van der Waals surface area contributed by atoms with Crippen molar-refractivity contribution in [2.24, 2.45) is 0 Å². The predicted octanol–water partition coefficient (Wildman–Crippen LogP) is 3.44. The highest BCUT2D eigenvalue weighted by Crippen LogP contribution is 2.13. The van der Waals surface area contributed by atoms with Crippen LogP contribution < -0.4 is 4.74 Å². The van der Waals surface area contributed by atoms with Crippen LogP contribution in [0, 0.1) is 0 Å². The average Bonchev–Trinajstić information content (AvgIpc) is 3.46. The Balaban J connectivity index is 1.41. The number of hydrogen-bond acceptors (Lipinski definition) is 6. The SMILES string of the molecule is O=C(COc1ccccc1)N(CCCN1CCOCC1)CC(=O)N(Cc1ccccc1)Cc1ccco1. The number of carbonyl (C=O) groups excluding carboxylic acids is 2. The molecule has 8 nitrogen and oxygen atoms in total. The lowest BCUT2D eigenvalue weighted by Crippen LogP contribution is -2.45. The number of nitrogens with zero attached hydrogens (tertiary/aromatic N) is 3. The zero-order chi connectivity index (χ0) is 25.7. The molecular formula is C29H35N3O5. The van der Waals surface area contributed by atoms with Gasteiger partial charge in [-0.3, -0.25) is 14.5 Å². The van der Waals surface area contributed by atoms with E-state index in [1.54, 1.807) is 16.1 Å². The predicted molar refractivity (Wildman–Crippen MR) is 140 cm³/mol. The Labute approximate surface area is 218 Å². The Morgan fingerprint density at radius 2 is 1.57 bits per heavy atom. The van der Waals surface area contributed by atoms with E-state index in [0.717, 1.165) is 44.8 Å². The van der Waals surface area contributed by atoms with Gasteiger partial charge in [-0.15, -0.1) is 0 Å². The second kappa shape index (κ2) is 14.2. The molecule has 1 fully saturated rings. The van der Waals surface area contributed by atoms with Crippen LogP contribution in [0.1, 0.15) is 17.7 Å². The summed E-state index contributed by atoms with van der Waals surface area (Å²) in [7, 11) is 0. The van der Waals surface area contributed by atoms with Crippen LogP contribution in [0.5, 0.6) is 5.75 Å². The molecule has 196 valence electrons. The van der Waals surface area contributed by atoms with Crippen molar-refractivity contribution >= 4 is 11.8 Å². The minimum absolute atomic E-state index is 0.0202. The lowest BCUT2D eigenvalue weighted by Gasteiger charge is -2.29. The first-order chi connectivity index (χ1) is 18.2. The van der Waals surface area contributed by atoms with Gasteiger partial charge in [0.2, 0.25) is 5.91 Å². The third kappa shape index (κ3) is 8.77. The Bertz CT molecular complexity index is 1070. The van der Waals surface area contributed by atoms with Crippen LogP contribution in [0.25, 0.3) is 0 Å². The highest BCUT2D eigenvalue weighted by atomic mass is 16.5. The molecular weight excluding hydrogens is 470 g/mol. The number of para-hydroxylation sites is 1. The summed E-state index contributed by atoms with van der Waals surface area (Å²) >= 11 is 0. The van der Waals surface area contributed by atoms with Crippen molar-refractivity contribution in [3.8, 4) is 5.75 Å². The molecule has 0 saturated carbocycles. The second-order valence-electron chi connectivity index (χ2n) is 9.04. The molecule has 4 rings (SSSR count). The van der Waals surface area contributed by atoms with Crippen molar-refractivity contribution in [3.63, 3.8) is 0 Å². The fourth-order valence-electron chi connectivity index (χ4n) is 4.24. The van der Waals surface area contributed by atoms with Gasteiger partial charge in [-0.1, -0.05) is 48.5 Å². The molecule has 0 radical (unpaired) electrons. The molecule has 1 aromatic heterocycles. The molecule has 1 aliphatic heterocycles. The van der Waals surface area contributed by atoms with Crippen molar-refractivity contribution in [3.05, 3.63) is 90.4 Å². The van der Waals surface area contributed by atoms with Crippen molar-refractivity contribution in [2.75, 3.05) is 52.5 Å². The first-order valence-corrected chi connectivity index (χ1v) is 12.8. The van der Waals surface area contributed by atoms with E-state index < -0.39 is 0 Å².